The highest BCUT2D eigenvalue weighted by molar-refractivity contribution is 5.43. The first-order valence-electron chi connectivity index (χ1n) is 6.38. The molecule has 0 fully saturated rings. The Morgan fingerprint density at radius 3 is 2.78 bits per heavy atom. The number of imidazole rings is 1. The van der Waals surface area contributed by atoms with Crippen LogP contribution in [0.1, 0.15) is 30.3 Å². The largest absolute Gasteiger partial charge is 0.370 e. The highest BCUT2D eigenvalue weighted by Crippen LogP contribution is 2.15. The molecule has 2 aromatic heterocycles. The fourth-order valence-corrected chi connectivity index (χ4v) is 1.86. The van der Waals surface area contributed by atoms with Crippen molar-refractivity contribution in [2.75, 3.05) is 11.9 Å². The highest BCUT2D eigenvalue weighted by atomic mass is 15.1. The first-order valence-corrected chi connectivity index (χ1v) is 6.38. The minimum absolute atomic E-state index is 0.812. The zero-order valence-corrected chi connectivity index (χ0v) is 11.3. The summed E-state index contributed by atoms with van der Waals surface area (Å²) in [6.07, 6.45) is 4.81. The number of nitrogens with one attached hydrogen (secondary N) is 1. The molecule has 0 bridgehead atoms. The average Bonchev–Trinajstić information content (AvgIpc) is 2.70. The van der Waals surface area contributed by atoms with Crippen LogP contribution in [0, 0.1) is 13.8 Å². The van der Waals surface area contributed by atoms with Gasteiger partial charge in [-0.3, -0.25) is 0 Å². The van der Waals surface area contributed by atoms with Crippen molar-refractivity contribution in [2.24, 2.45) is 0 Å². The van der Waals surface area contributed by atoms with Crippen LogP contribution in [0.3, 0.4) is 0 Å². The fraction of sp³-hybridized carbons (Fsp3) is 0.429. The van der Waals surface area contributed by atoms with E-state index in [9.17, 15) is 0 Å². The molecular formula is C14H20N4. The number of anilines is 1. The molecule has 0 atom stereocenters. The Labute approximate surface area is 108 Å². The predicted molar refractivity (Wildman–Crippen MR) is 73.8 cm³/mol. The van der Waals surface area contributed by atoms with Crippen molar-refractivity contribution in [1.82, 2.24) is 14.5 Å². The van der Waals surface area contributed by atoms with E-state index < -0.39 is 0 Å². The summed E-state index contributed by atoms with van der Waals surface area (Å²) in [6, 6.07) is 4.09. The molecule has 4 nitrogen and oxygen atoms in total. The summed E-state index contributed by atoms with van der Waals surface area (Å²) in [4.78, 5) is 8.73. The summed E-state index contributed by atoms with van der Waals surface area (Å²) >= 11 is 0. The number of hydrogen-bond acceptors (Lipinski definition) is 3. The monoisotopic (exact) mass is 244 g/mol. The molecule has 0 spiro atoms. The second-order valence-electron chi connectivity index (χ2n) is 4.48. The van der Waals surface area contributed by atoms with Crippen LogP contribution >= 0.6 is 0 Å². The molecule has 0 aliphatic rings. The third-order valence-corrected chi connectivity index (χ3v) is 3.12. The topological polar surface area (TPSA) is 42.7 Å². The van der Waals surface area contributed by atoms with Gasteiger partial charge in [0.25, 0.3) is 0 Å². The van der Waals surface area contributed by atoms with Gasteiger partial charge in [0.1, 0.15) is 5.82 Å². The van der Waals surface area contributed by atoms with Gasteiger partial charge in [0.15, 0.2) is 0 Å². The zero-order chi connectivity index (χ0) is 13.0. The predicted octanol–water partition coefficient (Wildman–Crippen LogP) is 2.77. The summed E-state index contributed by atoms with van der Waals surface area (Å²) in [5.74, 6) is 0.977. The SMILES string of the molecule is CCCNc1ncccc1Cn1cnc(C)c1C. The minimum Gasteiger partial charge on any atom is -0.370 e. The van der Waals surface area contributed by atoms with Gasteiger partial charge in [0, 0.05) is 24.0 Å². The lowest BCUT2D eigenvalue weighted by Gasteiger charge is -2.11. The number of pyridine rings is 1. The summed E-state index contributed by atoms with van der Waals surface area (Å²) in [5.41, 5.74) is 3.49. The van der Waals surface area contributed by atoms with E-state index in [2.05, 4.69) is 39.8 Å². The van der Waals surface area contributed by atoms with Crippen molar-refractivity contribution in [2.45, 2.75) is 33.7 Å². The summed E-state index contributed by atoms with van der Waals surface area (Å²) in [5, 5.41) is 3.36. The van der Waals surface area contributed by atoms with Gasteiger partial charge in [-0.05, 0) is 26.3 Å². The van der Waals surface area contributed by atoms with Gasteiger partial charge in [-0.2, -0.15) is 0 Å². The van der Waals surface area contributed by atoms with Crippen molar-refractivity contribution < 1.29 is 0 Å². The number of nitrogens with zero attached hydrogens (tertiary/aromatic N) is 3. The molecular weight excluding hydrogens is 224 g/mol. The van der Waals surface area contributed by atoms with Crippen LogP contribution in [-0.2, 0) is 6.54 Å². The molecule has 2 rings (SSSR count). The molecule has 96 valence electrons. The zero-order valence-electron chi connectivity index (χ0n) is 11.3. The molecule has 1 N–H and O–H groups in total. The van der Waals surface area contributed by atoms with Crippen LogP contribution in [-0.4, -0.2) is 21.1 Å². The first kappa shape index (κ1) is 12.6. The van der Waals surface area contributed by atoms with E-state index in [-0.39, 0.29) is 0 Å². The Morgan fingerprint density at radius 2 is 2.11 bits per heavy atom. The van der Waals surface area contributed by atoms with E-state index in [0.717, 1.165) is 31.0 Å². The summed E-state index contributed by atoms with van der Waals surface area (Å²) in [7, 11) is 0. The van der Waals surface area contributed by atoms with Crippen molar-refractivity contribution in [1.29, 1.82) is 0 Å². The molecule has 4 heteroatoms. The Morgan fingerprint density at radius 1 is 1.28 bits per heavy atom. The quantitative estimate of drug-likeness (QED) is 0.879. The first-order chi connectivity index (χ1) is 8.72. The molecule has 0 radical (unpaired) electrons. The van der Waals surface area contributed by atoms with Crippen LogP contribution < -0.4 is 5.32 Å². The van der Waals surface area contributed by atoms with Crippen molar-refractivity contribution in [3.8, 4) is 0 Å². The normalized spacial score (nSPS) is 10.6. The van der Waals surface area contributed by atoms with Crippen LogP contribution in [0.4, 0.5) is 5.82 Å². The Hall–Kier alpha value is -1.84. The Bertz CT molecular complexity index is 516. The van der Waals surface area contributed by atoms with Gasteiger partial charge in [-0.25, -0.2) is 9.97 Å². The van der Waals surface area contributed by atoms with Crippen LogP contribution in [0.2, 0.25) is 0 Å². The van der Waals surface area contributed by atoms with Crippen LogP contribution in [0.15, 0.2) is 24.7 Å². The molecule has 0 aliphatic carbocycles. The van der Waals surface area contributed by atoms with E-state index in [1.165, 1.54) is 11.3 Å². The van der Waals surface area contributed by atoms with Crippen molar-refractivity contribution in [3.63, 3.8) is 0 Å². The molecule has 0 saturated heterocycles. The average molecular weight is 244 g/mol. The lowest BCUT2D eigenvalue weighted by Crippen LogP contribution is -2.08. The molecule has 0 saturated carbocycles. The number of aromatic nitrogens is 3. The van der Waals surface area contributed by atoms with Gasteiger partial charge in [0.05, 0.1) is 18.6 Å². The highest BCUT2D eigenvalue weighted by Gasteiger charge is 2.06. The van der Waals surface area contributed by atoms with E-state index in [4.69, 9.17) is 0 Å². The smallest absolute Gasteiger partial charge is 0.130 e. The van der Waals surface area contributed by atoms with E-state index >= 15 is 0 Å². The summed E-state index contributed by atoms with van der Waals surface area (Å²) in [6.45, 7) is 8.04. The van der Waals surface area contributed by atoms with Gasteiger partial charge in [0.2, 0.25) is 0 Å². The van der Waals surface area contributed by atoms with Crippen molar-refractivity contribution in [3.05, 3.63) is 41.6 Å². The maximum Gasteiger partial charge on any atom is 0.130 e. The second-order valence-corrected chi connectivity index (χ2v) is 4.48. The summed E-state index contributed by atoms with van der Waals surface area (Å²) < 4.78 is 2.16. The van der Waals surface area contributed by atoms with Gasteiger partial charge >= 0.3 is 0 Å². The molecule has 18 heavy (non-hydrogen) atoms. The van der Waals surface area contributed by atoms with Crippen molar-refractivity contribution >= 4 is 5.82 Å². The molecule has 2 aromatic rings. The third kappa shape index (κ3) is 2.70. The standard InChI is InChI=1S/C14H20N4/c1-4-7-15-14-13(6-5-8-16-14)9-18-10-17-11(2)12(18)3/h5-6,8,10H,4,7,9H2,1-3H3,(H,15,16). The van der Waals surface area contributed by atoms with Gasteiger partial charge < -0.3 is 9.88 Å². The van der Waals surface area contributed by atoms with E-state index in [1.807, 2.05) is 25.5 Å². The van der Waals surface area contributed by atoms with Crippen LogP contribution in [0.5, 0.6) is 0 Å². The molecule has 0 aliphatic heterocycles. The van der Waals surface area contributed by atoms with E-state index in [1.54, 1.807) is 0 Å². The number of hydrogen-bond donors (Lipinski definition) is 1. The molecule has 0 aromatic carbocycles. The minimum atomic E-state index is 0.812. The van der Waals surface area contributed by atoms with Gasteiger partial charge in [-0.1, -0.05) is 13.0 Å². The van der Waals surface area contributed by atoms with Gasteiger partial charge in [-0.15, -0.1) is 0 Å². The van der Waals surface area contributed by atoms with E-state index in [0.29, 0.717) is 0 Å². The molecule has 0 amide bonds. The Balaban J connectivity index is 2.20. The van der Waals surface area contributed by atoms with Crippen LogP contribution in [0.25, 0.3) is 0 Å². The fourth-order valence-electron chi connectivity index (χ4n) is 1.86. The maximum atomic E-state index is 4.40. The number of rotatable bonds is 5. The lowest BCUT2D eigenvalue weighted by molar-refractivity contribution is 0.765. The molecule has 0 unspecified atom stereocenters. The second kappa shape index (κ2) is 5.67. The Kier molecular flexibility index (Phi) is 3.97. The molecule has 2 heterocycles. The maximum absolute atomic E-state index is 4.40. The number of aryl methyl sites for hydroxylation is 1. The lowest BCUT2D eigenvalue weighted by atomic mass is 10.2. The third-order valence-electron chi connectivity index (χ3n) is 3.12.